The summed E-state index contributed by atoms with van der Waals surface area (Å²) < 4.78 is 5.18. The predicted molar refractivity (Wildman–Crippen MR) is 62.8 cm³/mol. The third-order valence-electron chi connectivity index (χ3n) is 2.05. The molecule has 0 aromatic carbocycles. The van der Waals surface area contributed by atoms with E-state index in [1.165, 1.54) is 0 Å². The Kier molecular flexibility index (Phi) is 5.11. The summed E-state index contributed by atoms with van der Waals surface area (Å²) in [6.07, 6.45) is 0.888. The minimum absolute atomic E-state index is 0.264. The maximum Gasteiger partial charge on any atom is 0.229 e. The van der Waals surface area contributed by atoms with Crippen molar-refractivity contribution in [3.05, 3.63) is 11.7 Å². The molecule has 0 spiro atoms. The fraction of sp³-hybridized carbons (Fsp3) is 0.800. The molecule has 15 heavy (non-hydrogen) atoms. The van der Waals surface area contributed by atoms with Gasteiger partial charge < -0.3 is 10.3 Å². The van der Waals surface area contributed by atoms with Gasteiger partial charge in [0.1, 0.15) is 0 Å². The minimum atomic E-state index is 0.264. The molecule has 0 aliphatic carbocycles. The van der Waals surface area contributed by atoms with E-state index in [0.29, 0.717) is 17.7 Å². The molecule has 0 saturated carbocycles. The highest BCUT2D eigenvalue weighted by atomic mass is 32.2. The second kappa shape index (κ2) is 6.12. The van der Waals surface area contributed by atoms with Crippen LogP contribution in [0.5, 0.6) is 0 Å². The molecule has 1 aromatic heterocycles. The Morgan fingerprint density at radius 2 is 2.13 bits per heavy atom. The first kappa shape index (κ1) is 12.5. The maximum atomic E-state index is 5.48. The van der Waals surface area contributed by atoms with Gasteiger partial charge in [0.2, 0.25) is 5.89 Å². The number of hydrogen-bond donors (Lipinski definition) is 1. The van der Waals surface area contributed by atoms with Crippen molar-refractivity contribution >= 4 is 11.8 Å². The van der Waals surface area contributed by atoms with Gasteiger partial charge in [0, 0.05) is 5.92 Å². The van der Waals surface area contributed by atoms with Crippen LogP contribution in [-0.4, -0.2) is 21.9 Å². The average molecular weight is 229 g/mol. The number of nitrogens with two attached hydrogens (primary N) is 1. The van der Waals surface area contributed by atoms with Crippen LogP contribution in [0.15, 0.2) is 4.52 Å². The number of thioether (sulfide) groups is 1. The van der Waals surface area contributed by atoms with E-state index in [4.69, 9.17) is 10.3 Å². The van der Waals surface area contributed by atoms with Crippen LogP contribution in [0.4, 0.5) is 0 Å². The van der Waals surface area contributed by atoms with E-state index in [1.807, 2.05) is 11.8 Å². The van der Waals surface area contributed by atoms with Gasteiger partial charge in [-0.15, -0.1) is 0 Å². The van der Waals surface area contributed by atoms with Crippen LogP contribution < -0.4 is 5.73 Å². The van der Waals surface area contributed by atoms with Crippen LogP contribution in [0, 0.1) is 0 Å². The van der Waals surface area contributed by atoms with Crippen molar-refractivity contribution in [2.24, 2.45) is 5.73 Å². The normalized spacial score (nSPS) is 13.4. The Balaban J connectivity index is 2.48. The second-order valence-corrected chi connectivity index (χ2v) is 5.45. The van der Waals surface area contributed by atoms with Crippen molar-refractivity contribution in [2.45, 2.75) is 44.1 Å². The zero-order chi connectivity index (χ0) is 11.3. The molecule has 0 saturated heterocycles. The Morgan fingerprint density at radius 3 is 2.73 bits per heavy atom. The van der Waals surface area contributed by atoms with Crippen LogP contribution in [0.2, 0.25) is 0 Å². The van der Waals surface area contributed by atoms with Crippen LogP contribution >= 0.6 is 11.8 Å². The van der Waals surface area contributed by atoms with E-state index in [2.05, 4.69) is 30.9 Å². The van der Waals surface area contributed by atoms with Crippen molar-refractivity contribution in [1.29, 1.82) is 0 Å². The number of aromatic nitrogens is 2. The molecule has 1 atom stereocenters. The third-order valence-corrected chi connectivity index (χ3v) is 3.14. The van der Waals surface area contributed by atoms with Gasteiger partial charge in [-0.3, -0.25) is 0 Å². The van der Waals surface area contributed by atoms with Crippen molar-refractivity contribution in [3.63, 3.8) is 0 Å². The molecule has 0 aliphatic rings. The molecule has 4 nitrogen and oxygen atoms in total. The van der Waals surface area contributed by atoms with E-state index < -0.39 is 0 Å². The van der Waals surface area contributed by atoms with E-state index in [9.17, 15) is 0 Å². The minimum Gasteiger partial charge on any atom is -0.339 e. The molecule has 1 rings (SSSR count). The molecular formula is C10H19N3OS. The van der Waals surface area contributed by atoms with E-state index >= 15 is 0 Å². The Morgan fingerprint density at radius 1 is 1.40 bits per heavy atom. The van der Waals surface area contributed by atoms with Gasteiger partial charge in [0.15, 0.2) is 5.82 Å². The lowest BCUT2D eigenvalue weighted by Crippen LogP contribution is -2.04. The predicted octanol–water partition coefficient (Wildman–Crippen LogP) is 2.16. The average Bonchev–Trinajstić information content (AvgIpc) is 2.63. The topological polar surface area (TPSA) is 64.9 Å². The summed E-state index contributed by atoms with van der Waals surface area (Å²) in [7, 11) is 0. The summed E-state index contributed by atoms with van der Waals surface area (Å²) in [5.41, 5.74) is 5.48. The monoisotopic (exact) mass is 229 g/mol. The number of nitrogens with zero attached hydrogens (tertiary/aromatic N) is 2. The van der Waals surface area contributed by atoms with Gasteiger partial charge in [0.05, 0.1) is 5.75 Å². The highest BCUT2D eigenvalue weighted by Crippen LogP contribution is 2.19. The molecule has 2 N–H and O–H groups in total. The summed E-state index contributed by atoms with van der Waals surface area (Å²) in [6.45, 7) is 7.02. The van der Waals surface area contributed by atoms with Gasteiger partial charge in [-0.2, -0.15) is 16.7 Å². The molecule has 0 radical (unpaired) electrons. The Bertz CT molecular complexity index is 288. The smallest absolute Gasteiger partial charge is 0.229 e. The highest BCUT2D eigenvalue weighted by molar-refractivity contribution is 7.99. The van der Waals surface area contributed by atoms with Gasteiger partial charge in [0.25, 0.3) is 0 Å². The Hall–Kier alpha value is -0.550. The van der Waals surface area contributed by atoms with E-state index in [1.54, 1.807) is 0 Å². The van der Waals surface area contributed by atoms with Crippen molar-refractivity contribution in [3.8, 4) is 0 Å². The van der Waals surface area contributed by atoms with E-state index in [0.717, 1.165) is 18.0 Å². The van der Waals surface area contributed by atoms with E-state index in [-0.39, 0.29) is 5.92 Å². The van der Waals surface area contributed by atoms with Gasteiger partial charge in [-0.1, -0.05) is 25.9 Å². The van der Waals surface area contributed by atoms with Gasteiger partial charge in [-0.05, 0) is 18.2 Å². The summed E-state index contributed by atoms with van der Waals surface area (Å²) in [4.78, 5) is 4.35. The largest absolute Gasteiger partial charge is 0.339 e. The summed E-state index contributed by atoms with van der Waals surface area (Å²) in [5.74, 6) is 2.57. The zero-order valence-corrected chi connectivity index (χ0v) is 10.4. The maximum absolute atomic E-state index is 5.48. The third kappa shape index (κ3) is 4.22. The fourth-order valence-corrected chi connectivity index (χ4v) is 1.74. The Labute approximate surface area is 95.0 Å². The van der Waals surface area contributed by atoms with Crippen molar-refractivity contribution < 1.29 is 4.52 Å². The number of rotatable bonds is 6. The highest BCUT2D eigenvalue weighted by Gasteiger charge is 2.13. The fourth-order valence-electron chi connectivity index (χ4n) is 1.14. The van der Waals surface area contributed by atoms with Crippen LogP contribution in [0.3, 0.4) is 0 Å². The molecule has 0 bridgehead atoms. The molecule has 1 unspecified atom stereocenters. The lowest BCUT2D eigenvalue weighted by Gasteiger charge is -2.02. The standard InChI is InChI=1S/C10H19N3OS/c1-7(2)15-6-9-12-10(14-13-9)8(3)4-5-11/h7-8H,4-6,11H2,1-3H3. The molecule has 1 aromatic rings. The zero-order valence-electron chi connectivity index (χ0n) is 9.56. The summed E-state index contributed by atoms with van der Waals surface area (Å²) in [5, 5.41) is 4.53. The van der Waals surface area contributed by atoms with Crippen LogP contribution in [0.1, 0.15) is 44.8 Å². The first-order valence-electron chi connectivity index (χ1n) is 5.27. The lowest BCUT2D eigenvalue weighted by molar-refractivity contribution is 0.352. The van der Waals surface area contributed by atoms with Crippen LogP contribution in [0.25, 0.3) is 0 Å². The van der Waals surface area contributed by atoms with Crippen molar-refractivity contribution in [1.82, 2.24) is 10.1 Å². The summed E-state index contributed by atoms with van der Waals surface area (Å²) in [6, 6.07) is 0. The molecule has 1 heterocycles. The molecule has 0 fully saturated rings. The molecule has 86 valence electrons. The molecular weight excluding hydrogens is 210 g/mol. The van der Waals surface area contributed by atoms with Gasteiger partial charge >= 0.3 is 0 Å². The quantitative estimate of drug-likeness (QED) is 0.809. The van der Waals surface area contributed by atoms with Crippen LogP contribution in [-0.2, 0) is 5.75 Å². The van der Waals surface area contributed by atoms with Gasteiger partial charge in [-0.25, -0.2) is 0 Å². The second-order valence-electron chi connectivity index (χ2n) is 3.89. The lowest BCUT2D eigenvalue weighted by atomic mass is 10.1. The first-order chi connectivity index (χ1) is 7.13. The first-order valence-corrected chi connectivity index (χ1v) is 6.32. The number of hydrogen-bond acceptors (Lipinski definition) is 5. The van der Waals surface area contributed by atoms with Crippen molar-refractivity contribution in [2.75, 3.05) is 6.54 Å². The molecule has 0 aliphatic heterocycles. The SMILES string of the molecule is CC(C)SCc1noc(C(C)CCN)n1. The molecule has 5 heteroatoms. The summed E-state index contributed by atoms with van der Waals surface area (Å²) >= 11 is 1.81. The molecule has 0 amide bonds.